The summed E-state index contributed by atoms with van der Waals surface area (Å²) in [6.45, 7) is -0.863. The number of carbonyl (C=O) groups excluding carboxylic acids is 6. The highest BCUT2D eigenvalue weighted by molar-refractivity contribution is 6.39. The zero-order chi connectivity index (χ0) is 33.4. The molecule has 2 heterocycles. The first-order chi connectivity index (χ1) is 22.0. The molecule has 3 atom stereocenters. The molecular weight excluding hydrogens is 647 g/mol. The lowest BCUT2D eigenvalue weighted by Crippen LogP contribution is -2.64. The summed E-state index contributed by atoms with van der Waals surface area (Å²) in [4.78, 5) is 89.7. The zero-order valence-corrected chi connectivity index (χ0v) is 25.8. The molecule has 16 heteroatoms. The number of ketones is 1. The molecule has 244 valence electrons. The molecule has 2 fully saturated rings. The molecule has 0 aromatic heterocycles. The van der Waals surface area contributed by atoms with Gasteiger partial charge in [-0.1, -0.05) is 59.6 Å². The molecule has 2 saturated heterocycles. The highest BCUT2D eigenvalue weighted by atomic mass is 35.5. The third-order valence-electron chi connectivity index (χ3n) is 7.27. The van der Waals surface area contributed by atoms with Gasteiger partial charge in [-0.25, -0.2) is 14.6 Å². The number of carboxylic acids is 1. The van der Waals surface area contributed by atoms with Gasteiger partial charge < -0.3 is 25.2 Å². The van der Waals surface area contributed by atoms with Gasteiger partial charge in [0.15, 0.2) is 12.4 Å². The number of aliphatic carboxylic acids is 1. The molecule has 3 N–H and O–H groups in total. The van der Waals surface area contributed by atoms with Crippen LogP contribution in [0.15, 0.2) is 48.5 Å². The van der Waals surface area contributed by atoms with E-state index in [9.17, 15) is 38.7 Å². The van der Waals surface area contributed by atoms with Gasteiger partial charge in [0.05, 0.1) is 22.0 Å². The van der Waals surface area contributed by atoms with Crippen LogP contribution in [0.3, 0.4) is 0 Å². The molecule has 46 heavy (non-hydrogen) atoms. The number of esters is 1. The number of ether oxygens (including phenoxy) is 2. The van der Waals surface area contributed by atoms with Crippen molar-refractivity contribution in [1.29, 1.82) is 0 Å². The quantitative estimate of drug-likeness (QED) is 0.298. The molecule has 0 spiro atoms. The van der Waals surface area contributed by atoms with Gasteiger partial charge in [-0.15, -0.1) is 0 Å². The van der Waals surface area contributed by atoms with E-state index in [0.717, 1.165) is 10.0 Å². The third kappa shape index (κ3) is 8.52. The third-order valence-corrected chi connectivity index (χ3v) is 7.90. The summed E-state index contributed by atoms with van der Waals surface area (Å²) in [5.41, 5.74) is 0.517. The molecule has 2 aliphatic rings. The molecule has 0 aliphatic carbocycles. The van der Waals surface area contributed by atoms with Crippen molar-refractivity contribution in [1.82, 2.24) is 20.7 Å². The van der Waals surface area contributed by atoms with Crippen LogP contribution in [0.25, 0.3) is 0 Å². The fourth-order valence-electron chi connectivity index (χ4n) is 5.00. The van der Waals surface area contributed by atoms with Gasteiger partial charge >= 0.3 is 18.0 Å². The summed E-state index contributed by atoms with van der Waals surface area (Å²) in [6, 6.07) is 8.91. The van der Waals surface area contributed by atoms with E-state index in [0.29, 0.717) is 12.0 Å². The largest absolute Gasteiger partial charge is 0.481 e. The van der Waals surface area contributed by atoms with Crippen LogP contribution in [-0.4, -0.2) is 87.9 Å². The molecule has 4 rings (SSSR count). The number of halogens is 2. The van der Waals surface area contributed by atoms with Crippen molar-refractivity contribution >= 4 is 64.7 Å². The van der Waals surface area contributed by atoms with E-state index in [1.165, 1.54) is 18.2 Å². The Labute approximate surface area is 272 Å². The van der Waals surface area contributed by atoms with E-state index in [1.54, 1.807) is 30.3 Å². The van der Waals surface area contributed by atoms with Gasteiger partial charge in [0.2, 0.25) is 11.8 Å². The highest BCUT2D eigenvalue weighted by Crippen LogP contribution is 2.26. The van der Waals surface area contributed by atoms with E-state index in [1.807, 2.05) is 0 Å². The molecule has 2 aliphatic heterocycles. The molecule has 0 saturated carbocycles. The zero-order valence-electron chi connectivity index (χ0n) is 24.3. The Morgan fingerprint density at radius 1 is 0.957 bits per heavy atom. The van der Waals surface area contributed by atoms with Crippen molar-refractivity contribution in [2.45, 2.75) is 56.8 Å². The van der Waals surface area contributed by atoms with Crippen LogP contribution >= 0.6 is 23.2 Å². The minimum absolute atomic E-state index is 0.0314. The maximum absolute atomic E-state index is 13.7. The average Bonchev–Trinajstić information content (AvgIpc) is 3.14. The predicted molar refractivity (Wildman–Crippen MR) is 160 cm³/mol. The van der Waals surface area contributed by atoms with Crippen LogP contribution in [0, 0.1) is 0 Å². The van der Waals surface area contributed by atoms with Crippen LogP contribution in [-0.2, 0) is 40.1 Å². The molecule has 2 aromatic carbocycles. The number of rotatable bonds is 11. The first-order valence-electron chi connectivity index (χ1n) is 14.2. The van der Waals surface area contributed by atoms with E-state index >= 15 is 0 Å². The summed E-state index contributed by atoms with van der Waals surface area (Å²) in [5, 5.41) is 16.2. The SMILES string of the molecule is O=C(O)CC(NC(=O)C1CCCN2C(=O)CCC(NC(=O)OCc3ccccc3)C(=O)N12)C(=O)COC(=O)c1c(Cl)cccc1Cl. The first-order valence-corrected chi connectivity index (χ1v) is 15.0. The Hall–Kier alpha value is -4.69. The normalized spacial score (nSPS) is 18.5. The Bertz CT molecular complexity index is 1500. The van der Waals surface area contributed by atoms with Crippen molar-refractivity contribution in [3.8, 4) is 0 Å². The van der Waals surface area contributed by atoms with Crippen molar-refractivity contribution in [2.24, 2.45) is 0 Å². The number of hydrazine groups is 1. The number of carboxylic acid groups (broad SMARTS) is 1. The van der Waals surface area contributed by atoms with Crippen LogP contribution in [0.4, 0.5) is 4.79 Å². The second-order valence-electron chi connectivity index (χ2n) is 10.5. The number of alkyl carbamates (subject to hydrolysis) is 1. The fourth-order valence-corrected chi connectivity index (χ4v) is 5.56. The summed E-state index contributed by atoms with van der Waals surface area (Å²) in [6.07, 6.45) is -1.54. The molecule has 14 nitrogen and oxygen atoms in total. The number of Topliss-reactive ketones (excluding diaryl/α,β-unsaturated/α-hetero) is 1. The maximum atomic E-state index is 13.7. The summed E-state index contributed by atoms with van der Waals surface area (Å²) in [5.74, 6) is -5.58. The Morgan fingerprint density at radius 3 is 2.33 bits per heavy atom. The standard InChI is InChI=1S/C30H30Cl2N4O10/c31-18-8-4-9-19(32)26(18)29(43)45-16-23(37)21(14-25(39)40)33-27(41)22-10-5-13-35-24(38)12-11-20(28(42)36(22)35)34-30(44)46-15-17-6-2-1-3-7-17/h1-4,6-9,20-22H,5,10-16H2,(H,33,41)(H,34,44)(H,39,40). The summed E-state index contributed by atoms with van der Waals surface area (Å²) >= 11 is 12.0. The Balaban J connectivity index is 1.44. The molecule has 3 unspecified atom stereocenters. The fraction of sp³-hybridized carbons (Fsp3) is 0.367. The Kier molecular flexibility index (Phi) is 11.6. The molecule has 0 radical (unpaired) electrons. The van der Waals surface area contributed by atoms with Gasteiger partial charge in [0, 0.05) is 13.0 Å². The number of benzene rings is 2. The molecular formula is C30H30Cl2N4O10. The molecule has 0 bridgehead atoms. The number of carbonyl (C=O) groups is 7. The predicted octanol–water partition coefficient (Wildman–Crippen LogP) is 2.50. The van der Waals surface area contributed by atoms with Gasteiger partial charge in [0.25, 0.3) is 5.91 Å². The van der Waals surface area contributed by atoms with Crippen molar-refractivity contribution in [2.75, 3.05) is 13.2 Å². The average molecular weight is 677 g/mol. The lowest BCUT2D eigenvalue weighted by Gasteiger charge is -2.43. The second kappa shape index (κ2) is 15.5. The van der Waals surface area contributed by atoms with Crippen molar-refractivity contribution in [3.63, 3.8) is 0 Å². The van der Waals surface area contributed by atoms with Gasteiger partial charge in [-0.2, -0.15) is 0 Å². The van der Waals surface area contributed by atoms with E-state index in [4.69, 9.17) is 32.7 Å². The molecule has 4 amide bonds. The van der Waals surface area contributed by atoms with Crippen molar-refractivity contribution in [3.05, 3.63) is 69.7 Å². The summed E-state index contributed by atoms with van der Waals surface area (Å²) < 4.78 is 10.2. The lowest BCUT2D eigenvalue weighted by molar-refractivity contribution is -0.176. The van der Waals surface area contributed by atoms with Crippen molar-refractivity contribution < 1.29 is 48.1 Å². The minimum atomic E-state index is -1.66. The number of nitrogens with zero attached hydrogens (tertiary/aromatic N) is 2. The second-order valence-corrected chi connectivity index (χ2v) is 11.3. The number of hydrogen-bond donors (Lipinski definition) is 3. The minimum Gasteiger partial charge on any atom is -0.481 e. The topological polar surface area (TPSA) is 189 Å². The van der Waals surface area contributed by atoms with Crippen LogP contribution < -0.4 is 10.6 Å². The lowest BCUT2D eigenvalue weighted by atomic mass is 10.0. The van der Waals surface area contributed by atoms with E-state index in [2.05, 4.69) is 10.6 Å². The van der Waals surface area contributed by atoms with Gasteiger partial charge in [-0.05, 0) is 37.0 Å². The van der Waals surface area contributed by atoms with Crippen LogP contribution in [0.1, 0.15) is 48.0 Å². The molecule has 2 aromatic rings. The number of amides is 4. The smallest absolute Gasteiger partial charge is 0.408 e. The Morgan fingerprint density at radius 2 is 1.65 bits per heavy atom. The van der Waals surface area contributed by atoms with Crippen LogP contribution in [0.2, 0.25) is 10.0 Å². The van der Waals surface area contributed by atoms with E-state index < -0.39 is 72.7 Å². The monoisotopic (exact) mass is 676 g/mol. The van der Waals surface area contributed by atoms with Gasteiger partial charge in [0.1, 0.15) is 24.7 Å². The number of fused-ring (bicyclic) bond motifs is 1. The summed E-state index contributed by atoms with van der Waals surface area (Å²) in [7, 11) is 0. The first kappa shape index (κ1) is 34.2. The van der Waals surface area contributed by atoms with Crippen LogP contribution in [0.5, 0.6) is 0 Å². The highest BCUT2D eigenvalue weighted by Gasteiger charge is 2.45. The van der Waals surface area contributed by atoms with E-state index in [-0.39, 0.29) is 48.0 Å². The van der Waals surface area contributed by atoms with Gasteiger partial charge in [-0.3, -0.25) is 29.0 Å². The maximum Gasteiger partial charge on any atom is 0.408 e. The number of hydrogen-bond acceptors (Lipinski definition) is 9. The number of nitrogens with one attached hydrogen (secondary N) is 2.